The molecule has 1 aromatic heterocycles. The van der Waals surface area contributed by atoms with E-state index in [2.05, 4.69) is 5.10 Å². The zero-order valence-electron chi connectivity index (χ0n) is 15.9. The number of benzene rings is 1. The van der Waals surface area contributed by atoms with E-state index in [1.165, 1.54) is 17.7 Å². The van der Waals surface area contributed by atoms with Crippen molar-refractivity contribution in [2.24, 2.45) is 0 Å². The molecule has 0 bridgehead atoms. The summed E-state index contributed by atoms with van der Waals surface area (Å²) in [7, 11) is 0. The third-order valence-electron chi connectivity index (χ3n) is 4.90. The molecule has 2 aromatic rings. The van der Waals surface area contributed by atoms with Crippen LogP contribution in [0.15, 0.2) is 35.1 Å². The summed E-state index contributed by atoms with van der Waals surface area (Å²) in [4.78, 5) is 39.6. The number of rotatable bonds is 3. The van der Waals surface area contributed by atoms with Gasteiger partial charge in [0.25, 0.3) is 5.56 Å². The van der Waals surface area contributed by atoms with Crippen molar-refractivity contribution in [3.8, 4) is 11.3 Å². The summed E-state index contributed by atoms with van der Waals surface area (Å²) in [5.74, 6) is -0.146. The normalized spacial score (nSPS) is 14.3. The van der Waals surface area contributed by atoms with Gasteiger partial charge in [0.2, 0.25) is 11.8 Å². The molecule has 0 atom stereocenters. The van der Waals surface area contributed by atoms with Gasteiger partial charge in [0.1, 0.15) is 6.54 Å². The Hall–Kier alpha value is -2.96. The first kappa shape index (κ1) is 18.8. The summed E-state index contributed by atoms with van der Waals surface area (Å²) in [6.45, 7) is 7.41. The Kier molecular flexibility index (Phi) is 5.39. The van der Waals surface area contributed by atoms with Gasteiger partial charge in [0.15, 0.2) is 0 Å². The van der Waals surface area contributed by atoms with Crippen LogP contribution in [0.4, 0.5) is 0 Å². The molecule has 0 spiro atoms. The van der Waals surface area contributed by atoms with Gasteiger partial charge in [-0.3, -0.25) is 14.4 Å². The van der Waals surface area contributed by atoms with Crippen LogP contribution >= 0.6 is 0 Å². The molecule has 1 saturated heterocycles. The number of aryl methyl sites for hydroxylation is 2. The largest absolute Gasteiger partial charge is 0.339 e. The van der Waals surface area contributed by atoms with E-state index in [1.54, 1.807) is 15.9 Å². The molecule has 7 heteroatoms. The highest BCUT2D eigenvalue weighted by Gasteiger charge is 2.23. The first-order valence-electron chi connectivity index (χ1n) is 9.04. The molecule has 2 heterocycles. The Morgan fingerprint density at radius 3 is 2.33 bits per heavy atom. The molecule has 0 saturated carbocycles. The van der Waals surface area contributed by atoms with Crippen molar-refractivity contribution < 1.29 is 9.59 Å². The monoisotopic (exact) mass is 368 g/mol. The van der Waals surface area contributed by atoms with Gasteiger partial charge in [-0.1, -0.05) is 17.7 Å². The molecule has 0 unspecified atom stereocenters. The van der Waals surface area contributed by atoms with E-state index in [4.69, 9.17) is 0 Å². The molecule has 1 aromatic carbocycles. The maximum absolute atomic E-state index is 12.6. The van der Waals surface area contributed by atoms with Crippen molar-refractivity contribution in [2.45, 2.75) is 27.3 Å². The molecule has 0 aliphatic carbocycles. The molecule has 0 N–H and O–H groups in total. The summed E-state index contributed by atoms with van der Waals surface area (Å²) < 4.78 is 1.22. The first-order chi connectivity index (χ1) is 12.8. The Morgan fingerprint density at radius 2 is 1.67 bits per heavy atom. The SMILES string of the molecule is CC(=O)N1CCN(C(=O)Cn2nc(-c3cc(C)ccc3C)ccc2=O)CC1. The van der Waals surface area contributed by atoms with Gasteiger partial charge >= 0.3 is 0 Å². The summed E-state index contributed by atoms with van der Waals surface area (Å²) in [5, 5.41) is 4.41. The lowest BCUT2D eigenvalue weighted by atomic mass is 10.0. The van der Waals surface area contributed by atoms with Gasteiger partial charge in [-0.05, 0) is 31.5 Å². The van der Waals surface area contributed by atoms with Gasteiger partial charge in [-0.25, -0.2) is 4.68 Å². The molecule has 0 radical (unpaired) electrons. The maximum atomic E-state index is 12.6. The third-order valence-corrected chi connectivity index (χ3v) is 4.90. The van der Waals surface area contributed by atoms with E-state index in [0.29, 0.717) is 31.9 Å². The molecule has 142 valence electrons. The number of carbonyl (C=O) groups excluding carboxylic acids is 2. The summed E-state index contributed by atoms with van der Waals surface area (Å²) in [5.41, 5.74) is 3.48. The Balaban J connectivity index is 1.77. The van der Waals surface area contributed by atoms with E-state index >= 15 is 0 Å². The second-order valence-corrected chi connectivity index (χ2v) is 6.92. The molecule has 27 heavy (non-hydrogen) atoms. The molecular formula is C20H24N4O3. The second kappa shape index (κ2) is 7.73. The third kappa shape index (κ3) is 4.24. The van der Waals surface area contributed by atoms with E-state index in [0.717, 1.165) is 16.7 Å². The smallest absolute Gasteiger partial charge is 0.267 e. The average Bonchev–Trinajstić information content (AvgIpc) is 2.65. The van der Waals surface area contributed by atoms with Crippen LogP contribution in [-0.4, -0.2) is 57.6 Å². The van der Waals surface area contributed by atoms with Crippen molar-refractivity contribution in [2.75, 3.05) is 26.2 Å². The van der Waals surface area contributed by atoms with Crippen molar-refractivity contribution in [3.05, 3.63) is 51.8 Å². The number of carbonyl (C=O) groups is 2. The zero-order chi connectivity index (χ0) is 19.6. The predicted octanol–water partition coefficient (Wildman–Crippen LogP) is 1.22. The Bertz CT molecular complexity index is 927. The van der Waals surface area contributed by atoms with E-state index in [-0.39, 0.29) is 23.9 Å². The Morgan fingerprint density at radius 1 is 1.00 bits per heavy atom. The standard InChI is InChI=1S/C20H24N4O3/c1-14-4-5-15(2)17(12-14)18-6-7-19(26)24(21-18)13-20(27)23-10-8-22(9-11-23)16(3)25/h4-7,12H,8-11,13H2,1-3H3. The number of hydrogen-bond donors (Lipinski definition) is 0. The van der Waals surface area contributed by atoms with Gasteiger partial charge in [-0.15, -0.1) is 0 Å². The van der Waals surface area contributed by atoms with E-state index < -0.39 is 0 Å². The van der Waals surface area contributed by atoms with Crippen LogP contribution in [0.5, 0.6) is 0 Å². The van der Waals surface area contributed by atoms with Crippen molar-refractivity contribution in [1.29, 1.82) is 0 Å². The lowest BCUT2D eigenvalue weighted by Crippen LogP contribution is -2.51. The molecule has 1 aliphatic rings. The van der Waals surface area contributed by atoms with Gasteiger partial charge in [0, 0.05) is 44.7 Å². The quantitative estimate of drug-likeness (QED) is 0.816. The minimum atomic E-state index is -0.306. The van der Waals surface area contributed by atoms with Crippen LogP contribution in [0.25, 0.3) is 11.3 Å². The number of nitrogens with zero attached hydrogens (tertiary/aromatic N) is 4. The molecule has 1 aliphatic heterocycles. The minimum absolute atomic E-state index is 0.0150. The number of amides is 2. The fourth-order valence-corrected chi connectivity index (χ4v) is 3.22. The molecule has 2 amide bonds. The van der Waals surface area contributed by atoms with Gasteiger partial charge in [0.05, 0.1) is 5.69 Å². The van der Waals surface area contributed by atoms with Crippen LogP contribution in [0, 0.1) is 13.8 Å². The number of aromatic nitrogens is 2. The zero-order valence-corrected chi connectivity index (χ0v) is 15.9. The topological polar surface area (TPSA) is 75.5 Å². The maximum Gasteiger partial charge on any atom is 0.267 e. The van der Waals surface area contributed by atoms with Crippen LogP contribution < -0.4 is 5.56 Å². The molecule has 1 fully saturated rings. The van der Waals surface area contributed by atoms with Crippen molar-refractivity contribution >= 4 is 11.8 Å². The highest BCUT2D eigenvalue weighted by Crippen LogP contribution is 2.21. The minimum Gasteiger partial charge on any atom is -0.339 e. The summed E-state index contributed by atoms with van der Waals surface area (Å²) in [6, 6.07) is 9.21. The van der Waals surface area contributed by atoms with Crippen molar-refractivity contribution in [1.82, 2.24) is 19.6 Å². The van der Waals surface area contributed by atoms with Gasteiger partial charge < -0.3 is 9.80 Å². The van der Waals surface area contributed by atoms with Gasteiger partial charge in [-0.2, -0.15) is 5.10 Å². The van der Waals surface area contributed by atoms with E-state index in [1.807, 2.05) is 32.0 Å². The van der Waals surface area contributed by atoms with Crippen LogP contribution in [0.1, 0.15) is 18.1 Å². The first-order valence-corrected chi connectivity index (χ1v) is 9.04. The van der Waals surface area contributed by atoms with Crippen molar-refractivity contribution in [3.63, 3.8) is 0 Å². The second-order valence-electron chi connectivity index (χ2n) is 6.92. The number of hydrogen-bond acceptors (Lipinski definition) is 4. The molecular weight excluding hydrogens is 344 g/mol. The average molecular weight is 368 g/mol. The fourth-order valence-electron chi connectivity index (χ4n) is 3.22. The predicted molar refractivity (Wildman–Crippen MR) is 102 cm³/mol. The summed E-state index contributed by atoms with van der Waals surface area (Å²) in [6.07, 6.45) is 0. The lowest BCUT2D eigenvalue weighted by Gasteiger charge is -2.34. The Labute approximate surface area is 158 Å². The highest BCUT2D eigenvalue weighted by molar-refractivity contribution is 5.77. The summed E-state index contributed by atoms with van der Waals surface area (Å²) >= 11 is 0. The number of piperazine rings is 1. The van der Waals surface area contributed by atoms with Crippen LogP contribution in [-0.2, 0) is 16.1 Å². The van der Waals surface area contributed by atoms with Crippen LogP contribution in [0.3, 0.4) is 0 Å². The lowest BCUT2D eigenvalue weighted by molar-refractivity contribution is -0.139. The molecule has 3 rings (SSSR count). The highest BCUT2D eigenvalue weighted by atomic mass is 16.2. The van der Waals surface area contributed by atoms with Crippen LogP contribution in [0.2, 0.25) is 0 Å². The molecule has 7 nitrogen and oxygen atoms in total. The fraction of sp³-hybridized carbons (Fsp3) is 0.400. The van der Waals surface area contributed by atoms with E-state index in [9.17, 15) is 14.4 Å².